The van der Waals surface area contributed by atoms with Crippen LogP contribution in [0.1, 0.15) is 28.0 Å². The Hall–Kier alpha value is -3.14. The molecule has 7 nitrogen and oxygen atoms in total. The van der Waals surface area contributed by atoms with Crippen LogP contribution >= 0.6 is 22.7 Å². The number of carbonyl (C=O) groups is 1. The minimum Gasteiger partial charge on any atom is -0.309 e. The Morgan fingerprint density at radius 2 is 1.97 bits per heavy atom. The fourth-order valence-corrected chi connectivity index (χ4v) is 5.39. The summed E-state index contributed by atoms with van der Waals surface area (Å²) in [6.45, 7) is 0.518. The zero-order valence-electron chi connectivity index (χ0n) is 17.4. The minimum atomic E-state index is -0.173. The standard InChI is InChI=1S/C23H21N5O2S2/c1-27(13-21-24-16-7-3-2-6-15(16)23(30)25-21)14-22(29)28-18(20-9-5-11-32-20)12-17(26-28)19-8-4-10-31-19/h2-11,18H,12-14H2,1H3,(H,24,25,30)/t18-/m0/s1. The molecule has 162 valence electrons. The van der Waals surface area contributed by atoms with E-state index in [1.165, 1.54) is 0 Å². The molecule has 4 heterocycles. The zero-order valence-corrected chi connectivity index (χ0v) is 19.0. The number of amides is 1. The third kappa shape index (κ3) is 4.14. The van der Waals surface area contributed by atoms with Gasteiger partial charge >= 0.3 is 0 Å². The number of hydrogen-bond donors (Lipinski definition) is 1. The molecule has 0 bridgehead atoms. The van der Waals surface area contributed by atoms with E-state index in [1.54, 1.807) is 33.7 Å². The van der Waals surface area contributed by atoms with Crippen LogP contribution in [0.5, 0.6) is 0 Å². The quantitative estimate of drug-likeness (QED) is 0.471. The van der Waals surface area contributed by atoms with Crippen molar-refractivity contribution in [2.24, 2.45) is 5.10 Å². The van der Waals surface area contributed by atoms with Gasteiger partial charge in [-0.05, 0) is 42.1 Å². The van der Waals surface area contributed by atoms with Gasteiger partial charge in [-0.1, -0.05) is 24.3 Å². The summed E-state index contributed by atoms with van der Waals surface area (Å²) in [6.07, 6.45) is 0.704. The number of aromatic nitrogens is 2. The first-order chi connectivity index (χ1) is 15.6. The lowest BCUT2D eigenvalue weighted by Crippen LogP contribution is -2.36. The monoisotopic (exact) mass is 463 g/mol. The number of fused-ring (bicyclic) bond motifs is 1. The number of carbonyl (C=O) groups excluding carboxylic acids is 1. The van der Waals surface area contributed by atoms with Crippen molar-refractivity contribution in [1.82, 2.24) is 19.9 Å². The first-order valence-corrected chi connectivity index (χ1v) is 12.0. The average molecular weight is 464 g/mol. The normalized spacial score (nSPS) is 16.1. The van der Waals surface area contributed by atoms with Crippen LogP contribution in [-0.4, -0.2) is 45.1 Å². The van der Waals surface area contributed by atoms with Gasteiger partial charge in [-0.25, -0.2) is 9.99 Å². The number of likely N-dealkylation sites (N-methyl/N-ethyl adjacent to an activating group) is 1. The number of hydrogen-bond acceptors (Lipinski definition) is 7. The van der Waals surface area contributed by atoms with Gasteiger partial charge in [0.1, 0.15) is 5.82 Å². The molecule has 0 aliphatic carbocycles. The van der Waals surface area contributed by atoms with Gasteiger partial charge in [0.05, 0.1) is 40.6 Å². The Bertz CT molecular complexity index is 1330. The molecular formula is C23H21N5O2S2. The van der Waals surface area contributed by atoms with Gasteiger partial charge < -0.3 is 4.98 Å². The highest BCUT2D eigenvalue weighted by Gasteiger charge is 2.34. The largest absolute Gasteiger partial charge is 0.309 e. The molecule has 0 fully saturated rings. The van der Waals surface area contributed by atoms with Crippen LogP contribution in [0.3, 0.4) is 0 Å². The van der Waals surface area contributed by atoms with Gasteiger partial charge in [-0.15, -0.1) is 22.7 Å². The summed E-state index contributed by atoms with van der Waals surface area (Å²) in [5.41, 5.74) is 1.41. The van der Waals surface area contributed by atoms with E-state index in [-0.39, 0.29) is 24.1 Å². The molecule has 0 unspecified atom stereocenters. The smallest absolute Gasteiger partial charge is 0.258 e. The number of nitrogens with one attached hydrogen (secondary N) is 1. The first-order valence-electron chi connectivity index (χ1n) is 10.2. The molecule has 1 aromatic carbocycles. The molecule has 1 atom stereocenters. The third-order valence-electron chi connectivity index (χ3n) is 5.33. The number of para-hydroxylation sites is 1. The summed E-state index contributed by atoms with van der Waals surface area (Å²) in [7, 11) is 1.84. The van der Waals surface area contributed by atoms with E-state index in [1.807, 2.05) is 59.1 Å². The minimum absolute atomic E-state index is 0.0828. The Labute approximate surface area is 192 Å². The van der Waals surface area contributed by atoms with Crippen LogP contribution in [-0.2, 0) is 11.3 Å². The maximum atomic E-state index is 13.2. The van der Waals surface area contributed by atoms with Gasteiger partial charge in [0.2, 0.25) is 0 Å². The highest BCUT2D eigenvalue weighted by Crippen LogP contribution is 2.35. The maximum Gasteiger partial charge on any atom is 0.258 e. The van der Waals surface area contributed by atoms with Crippen LogP contribution in [0.2, 0.25) is 0 Å². The number of thiophene rings is 2. The first kappa shape index (κ1) is 20.7. The number of nitrogens with zero attached hydrogens (tertiary/aromatic N) is 4. The fourth-order valence-electron chi connectivity index (χ4n) is 3.86. The number of H-pyrrole nitrogens is 1. The summed E-state index contributed by atoms with van der Waals surface area (Å²) >= 11 is 3.27. The second-order valence-electron chi connectivity index (χ2n) is 7.70. The predicted molar refractivity (Wildman–Crippen MR) is 128 cm³/mol. The number of benzene rings is 1. The van der Waals surface area contributed by atoms with Crippen molar-refractivity contribution in [3.05, 3.63) is 85.2 Å². The van der Waals surface area contributed by atoms with Crippen molar-refractivity contribution in [2.75, 3.05) is 13.6 Å². The molecule has 9 heteroatoms. The average Bonchev–Trinajstić information content (AvgIpc) is 3.54. The molecule has 0 saturated heterocycles. The second-order valence-corrected chi connectivity index (χ2v) is 9.63. The van der Waals surface area contributed by atoms with Crippen molar-refractivity contribution in [3.8, 4) is 0 Å². The molecule has 4 aromatic rings. The third-order valence-corrected chi connectivity index (χ3v) is 7.22. The van der Waals surface area contributed by atoms with Crippen molar-refractivity contribution < 1.29 is 4.79 Å². The highest BCUT2D eigenvalue weighted by atomic mass is 32.1. The molecule has 5 rings (SSSR count). The summed E-state index contributed by atoms with van der Waals surface area (Å²) in [6, 6.07) is 15.2. The number of aromatic amines is 1. The molecule has 1 aliphatic rings. The van der Waals surface area contributed by atoms with Crippen LogP contribution < -0.4 is 5.56 Å². The second kappa shape index (κ2) is 8.78. The molecule has 32 heavy (non-hydrogen) atoms. The van der Waals surface area contributed by atoms with E-state index in [0.29, 0.717) is 29.7 Å². The predicted octanol–water partition coefficient (Wildman–Crippen LogP) is 3.86. The van der Waals surface area contributed by atoms with Crippen molar-refractivity contribution >= 4 is 45.2 Å². The van der Waals surface area contributed by atoms with E-state index in [0.717, 1.165) is 15.5 Å². The lowest BCUT2D eigenvalue weighted by molar-refractivity contribution is -0.134. The van der Waals surface area contributed by atoms with Crippen LogP contribution in [0.4, 0.5) is 0 Å². The van der Waals surface area contributed by atoms with Gasteiger partial charge in [-0.3, -0.25) is 14.5 Å². The lowest BCUT2D eigenvalue weighted by atomic mass is 10.1. The van der Waals surface area contributed by atoms with E-state index in [4.69, 9.17) is 5.10 Å². The Kier molecular flexibility index (Phi) is 5.69. The fraction of sp³-hybridized carbons (Fsp3) is 0.217. The molecular weight excluding hydrogens is 442 g/mol. The Balaban J connectivity index is 1.34. The molecule has 0 radical (unpaired) electrons. The van der Waals surface area contributed by atoms with E-state index in [2.05, 4.69) is 16.0 Å². The Morgan fingerprint density at radius 1 is 1.16 bits per heavy atom. The van der Waals surface area contributed by atoms with Crippen LogP contribution in [0.15, 0.2) is 69.2 Å². The molecule has 0 spiro atoms. The molecule has 1 aliphatic heterocycles. The van der Waals surface area contributed by atoms with E-state index in [9.17, 15) is 9.59 Å². The molecule has 3 aromatic heterocycles. The molecule has 1 amide bonds. The van der Waals surface area contributed by atoms with Gasteiger partial charge in [0.25, 0.3) is 11.5 Å². The van der Waals surface area contributed by atoms with E-state index < -0.39 is 0 Å². The summed E-state index contributed by atoms with van der Waals surface area (Å²) in [5, 5.41) is 10.9. The molecule has 0 saturated carbocycles. The molecule has 1 N–H and O–H groups in total. The van der Waals surface area contributed by atoms with Gasteiger partial charge in [0.15, 0.2) is 0 Å². The van der Waals surface area contributed by atoms with Gasteiger partial charge in [0, 0.05) is 11.3 Å². The highest BCUT2D eigenvalue weighted by molar-refractivity contribution is 7.12. The van der Waals surface area contributed by atoms with Crippen molar-refractivity contribution in [3.63, 3.8) is 0 Å². The number of rotatable bonds is 6. The van der Waals surface area contributed by atoms with Crippen LogP contribution in [0, 0.1) is 0 Å². The lowest BCUT2D eigenvalue weighted by Gasteiger charge is -2.23. The SMILES string of the molecule is CN(CC(=O)N1N=C(c2cccs2)C[C@H]1c1cccs1)Cc1nc2ccccc2c(=O)[nH]1. The number of hydrazone groups is 1. The van der Waals surface area contributed by atoms with E-state index >= 15 is 0 Å². The van der Waals surface area contributed by atoms with Crippen molar-refractivity contribution in [2.45, 2.75) is 19.0 Å². The zero-order chi connectivity index (χ0) is 22.1. The summed E-state index contributed by atoms with van der Waals surface area (Å²) in [4.78, 5) is 37.0. The Morgan fingerprint density at radius 3 is 2.75 bits per heavy atom. The van der Waals surface area contributed by atoms with Gasteiger partial charge in [-0.2, -0.15) is 5.10 Å². The van der Waals surface area contributed by atoms with Crippen LogP contribution in [0.25, 0.3) is 10.9 Å². The maximum absolute atomic E-state index is 13.2. The summed E-state index contributed by atoms with van der Waals surface area (Å²) < 4.78 is 0. The topological polar surface area (TPSA) is 81.7 Å². The van der Waals surface area contributed by atoms with Crippen molar-refractivity contribution in [1.29, 1.82) is 0 Å². The summed E-state index contributed by atoms with van der Waals surface area (Å²) in [5.74, 6) is 0.448.